The number of carbonyl (C=O) groups excluding carboxylic acids is 2. The molecule has 0 aromatic heterocycles. The number of rotatable bonds is 3. The van der Waals surface area contributed by atoms with Gasteiger partial charge >= 0.3 is 5.97 Å². The molecule has 0 bridgehead atoms. The van der Waals surface area contributed by atoms with Crippen molar-refractivity contribution >= 4 is 34.2 Å². The van der Waals surface area contributed by atoms with Crippen molar-refractivity contribution in [3.8, 4) is 5.75 Å². The van der Waals surface area contributed by atoms with E-state index >= 15 is 0 Å². The molecule has 1 amide bonds. The van der Waals surface area contributed by atoms with Crippen LogP contribution in [0.1, 0.15) is 23.2 Å². The molecule has 28 heavy (non-hydrogen) atoms. The zero-order valence-electron chi connectivity index (χ0n) is 15.2. The second kappa shape index (κ2) is 7.58. The lowest BCUT2D eigenvalue weighted by molar-refractivity contribution is -0.188. The van der Waals surface area contributed by atoms with E-state index in [4.69, 9.17) is 25.8 Å². The van der Waals surface area contributed by atoms with E-state index in [1.54, 1.807) is 29.2 Å². The number of nitrogens with zero attached hydrogens (tertiary/aromatic N) is 1. The number of phenolic OH excluding ortho intramolecular Hbond substituents is 1. The van der Waals surface area contributed by atoms with Gasteiger partial charge in [0.1, 0.15) is 11.3 Å². The fourth-order valence-electron chi connectivity index (χ4n) is 3.65. The number of esters is 1. The summed E-state index contributed by atoms with van der Waals surface area (Å²) in [4.78, 5) is 26.4. The molecule has 0 unspecified atom stereocenters. The van der Waals surface area contributed by atoms with Crippen molar-refractivity contribution in [2.45, 2.75) is 18.6 Å². The maximum Gasteiger partial charge on any atom is 0.342 e. The Morgan fingerprint density at radius 2 is 1.79 bits per heavy atom. The Kier molecular flexibility index (Phi) is 5.14. The van der Waals surface area contributed by atoms with Gasteiger partial charge in [0.2, 0.25) is 0 Å². The first-order chi connectivity index (χ1) is 13.5. The highest BCUT2D eigenvalue weighted by Crippen LogP contribution is 2.35. The second-order valence-corrected chi connectivity index (χ2v) is 7.27. The monoisotopic (exact) mass is 405 g/mol. The molecule has 2 aliphatic heterocycles. The summed E-state index contributed by atoms with van der Waals surface area (Å²) in [6.07, 6.45) is 1.18. The van der Waals surface area contributed by atoms with Crippen LogP contribution in [0.4, 0.5) is 0 Å². The molecule has 148 valence electrons. The molecule has 2 aromatic rings. The minimum absolute atomic E-state index is 0.0677. The van der Waals surface area contributed by atoms with Crippen molar-refractivity contribution in [1.82, 2.24) is 4.90 Å². The van der Waals surface area contributed by atoms with E-state index in [1.165, 1.54) is 6.07 Å². The van der Waals surface area contributed by atoms with E-state index in [-0.39, 0.29) is 17.2 Å². The molecule has 8 heteroatoms. The highest BCUT2D eigenvalue weighted by atomic mass is 35.5. The van der Waals surface area contributed by atoms with Crippen LogP contribution in [0.15, 0.2) is 30.3 Å². The summed E-state index contributed by atoms with van der Waals surface area (Å²) >= 11 is 6.20. The van der Waals surface area contributed by atoms with E-state index in [9.17, 15) is 14.7 Å². The van der Waals surface area contributed by atoms with E-state index in [0.717, 1.165) is 0 Å². The zero-order valence-corrected chi connectivity index (χ0v) is 15.9. The molecule has 0 radical (unpaired) electrons. The van der Waals surface area contributed by atoms with Crippen LogP contribution in [-0.2, 0) is 19.0 Å². The minimum Gasteiger partial charge on any atom is -0.506 e. The third kappa shape index (κ3) is 3.53. The van der Waals surface area contributed by atoms with Gasteiger partial charge in [-0.25, -0.2) is 4.79 Å². The summed E-state index contributed by atoms with van der Waals surface area (Å²) in [5.41, 5.74) is -0.0677. The summed E-state index contributed by atoms with van der Waals surface area (Å²) in [5, 5.41) is 11.8. The number of carbonyl (C=O) groups is 2. The lowest BCUT2D eigenvalue weighted by Gasteiger charge is -2.37. The molecular formula is C20H20ClNO6. The summed E-state index contributed by atoms with van der Waals surface area (Å²) in [7, 11) is 0. The van der Waals surface area contributed by atoms with Crippen LogP contribution in [0.5, 0.6) is 5.75 Å². The predicted octanol–water partition coefficient (Wildman–Crippen LogP) is 2.72. The Morgan fingerprint density at radius 1 is 1.14 bits per heavy atom. The van der Waals surface area contributed by atoms with Crippen LogP contribution in [0, 0.1) is 0 Å². The molecule has 4 rings (SSSR count). The van der Waals surface area contributed by atoms with Crippen LogP contribution >= 0.6 is 11.6 Å². The van der Waals surface area contributed by atoms with Crippen LogP contribution < -0.4 is 0 Å². The summed E-state index contributed by atoms with van der Waals surface area (Å²) in [6, 6.07) is 8.28. The third-order valence-corrected chi connectivity index (χ3v) is 5.52. The topological polar surface area (TPSA) is 85.3 Å². The first-order valence-electron chi connectivity index (χ1n) is 9.12. The molecule has 2 aromatic carbocycles. The Labute approximate surface area is 166 Å². The Bertz CT molecular complexity index is 914. The molecule has 2 heterocycles. The van der Waals surface area contributed by atoms with Crippen LogP contribution in [0.3, 0.4) is 0 Å². The molecule has 0 aliphatic carbocycles. The smallest absolute Gasteiger partial charge is 0.342 e. The number of phenols is 1. The Hall–Kier alpha value is -2.35. The van der Waals surface area contributed by atoms with Crippen molar-refractivity contribution in [2.24, 2.45) is 0 Å². The van der Waals surface area contributed by atoms with Crippen molar-refractivity contribution in [3.05, 3.63) is 40.9 Å². The lowest BCUT2D eigenvalue weighted by atomic mass is 10.0. The minimum atomic E-state index is -0.797. The van der Waals surface area contributed by atoms with Gasteiger partial charge in [0, 0.05) is 41.7 Å². The quantitative estimate of drug-likeness (QED) is 0.790. The van der Waals surface area contributed by atoms with Gasteiger partial charge in [-0.05, 0) is 6.07 Å². The fourth-order valence-corrected chi connectivity index (χ4v) is 3.92. The SMILES string of the molecule is O=C(OCC(=O)N1CCC2(CC1)OCCO2)c1cc(Cl)c2ccccc2c1O. The molecular weight excluding hydrogens is 386 g/mol. The van der Waals surface area contributed by atoms with Gasteiger partial charge in [-0.15, -0.1) is 0 Å². The van der Waals surface area contributed by atoms with Gasteiger partial charge in [-0.2, -0.15) is 0 Å². The fraction of sp³-hybridized carbons (Fsp3) is 0.400. The Morgan fingerprint density at radius 3 is 2.46 bits per heavy atom. The number of amides is 1. The molecule has 2 saturated heterocycles. The standard InChI is InChI=1S/C20H20ClNO6/c21-16-11-15(18(24)14-4-2-1-3-13(14)16)19(25)26-12-17(23)22-7-5-20(6-8-22)27-9-10-28-20/h1-4,11,24H,5-10,12H2. The molecule has 7 nitrogen and oxygen atoms in total. The molecule has 2 aliphatic rings. The Balaban J connectivity index is 1.39. The number of benzene rings is 2. The molecule has 0 saturated carbocycles. The zero-order chi connectivity index (χ0) is 19.7. The number of likely N-dealkylation sites (tertiary alicyclic amines) is 1. The number of fused-ring (bicyclic) bond motifs is 1. The van der Waals surface area contributed by atoms with Gasteiger partial charge in [0.15, 0.2) is 12.4 Å². The van der Waals surface area contributed by atoms with Gasteiger partial charge in [0.25, 0.3) is 5.91 Å². The molecule has 0 atom stereocenters. The second-order valence-electron chi connectivity index (χ2n) is 6.86. The first-order valence-corrected chi connectivity index (χ1v) is 9.50. The number of halogens is 1. The van der Waals surface area contributed by atoms with Crippen molar-refractivity contribution < 1.29 is 28.9 Å². The third-order valence-electron chi connectivity index (χ3n) is 5.20. The van der Waals surface area contributed by atoms with Crippen LogP contribution in [-0.4, -0.2) is 60.6 Å². The van der Waals surface area contributed by atoms with E-state index in [1.807, 2.05) is 0 Å². The molecule has 2 fully saturated rings. The highest BCUT2D eigenvalue weighted by molar-refractivity contribution is 6.36. The summed E-state index contributed by atoms with van der Waals surface area (Å²) < 4.78 is 16.4. The van der Waals surface area contributed by atoms with Gasteiger partial charge in [0.05, 0.1) is 13.2 Å². The average molecular weight is 406 g/mol. The van der Waals surface area contributed by atoms with E-state index in [0.29, 0.717) is 54.9 Å². The highest BCUT2D eigenvalue weighted by Gasteiger charge is 2.40. The number of hydrogen-bond acceptors (Lipinski definition) is 6. The summed E-state index contributed by atoms with van der Waals surface area (Å²) in [5.74, 6) is -1.88. The van der Waals surface area contributed by atoms with Crippen LogP contribution in [0.2, 0.25) is 5.02 Å². The lowest BCUT2D eigenvalue weighted by Crippen LogP contribution is -2.48. The van der Waals surface area contributed by atoms with Gasteiger partial charge in [-0.3, -0.25) is 4.79 Å². The number of ether oxygens (including phenoxy) is 3. The molecule has 1 spiro atoms. The normalized spacial score (nSPS) is 18.5. The average Bonchev–Trinajstić information content (AvgIpc) is 3.17. The van der Waals surface area contributed by atoms with Gasteiger partial charge in [-0.1, -0.05) is 35.9 Å². The van der Waals surface area contributed by atoms with Crippen molar-refractivity contribution in [2.75, 3.05) is 32.9 Å². The van der Waals surface area contributed by atoms with Gasteiger partial charge < -0.3 is 24.2 Å². The van der Waals surface area contributed by atoms with Crippen molar-refractivity contribution in [1.29, 1.82) is 0 Å². The number of piperidine rings is 1. The van der Waals surface area contributed by atoms with E-state index in [2.05, 4.69) is 0 Å². The first kappa shape index (κ1) is 19.0. The number of aromatic hydroxyl groups is 1. The van der Waals surface area contributed by atoms with Crippen LogP contribution in [0.25, 0.3) is 10.8 Å². The van der Waals surface area contributed by atoms with Crippen molar-refractivity contribution in [3.63, 3.8) is 0 Å². The summed E-state index contributed by atoms with van der Waals surface area (Å²) in [6.45, 7) is 1.69. The predicted molar refractivity (Wildman–Crippen MR) is 101 cm³/mol. The molecule has 1 N–H and O–H groups in total. The largest absolute Gasteiger partial charge is 0.506 e. The maximum atomic E-state index is 12.4. The van der Waals surface area contributed by atoms with E-state index < -0.39 is 18.4 Å². The maximum absolute atomic E-state index is 12.4. The number of hydrogen-bond donors (Lipinski definition) is 1.